The van der Waals surface area contributed by atoms with E-state index in [0.29, 0.717) is 17.4 Å². The minimum atomic E-state index is -0.157. The summed E-state index contributed by atoms with van der Waals surface area (Å²) in [7, 11) is 1.63. The molecule has 0 saturated heterocycles. The van der Waals surface area contributed by atoms with Gasteiger partial charge in [-0.1, -0.05) is 30.3 Å². The van der Waals surface area contributed by atoms with Gasteiger partial charge in [0.15, 0.2) is 5.13 Å². The van der Waals surface area contributed by atoms with E-state index in [-0.39, 0.29) is 5.91 Å². The molecule has 2 N–H and O–H groups in total. The van der Waals surface area contributed by atoms with Crippen molar-refractivity contribution < 1.29 is 9.53 Å². The molecule has 0 unspecified atom stereocenters. The Bertz CT molecular complexity index is 816. The van der Waals surface area contributed by atoms with Gasteiger partial charge in [-0.2, -0.15) is 0 Å². The SMILES string of the molecule is COc1ccc(Nc2nc(C(=O)NCCc3ccccc3)cs2)cc1. The van der Waals surface area contributed by atoms with Gasteiger partial charge >= 0.3 is 0 Å². The number of carbonyl (C=O) groups excluding carboxylic acids is 1. The van der Waals surface area contributed by atoms with Gasteiger partial charge in [0.1, 0.15) is 11.4 Å². The number of hydrogen-bond acceptors (Lipinski definition) is 5. The van der Waals surface area contributed by atoms with E-state index in [4.69, 9.17) is 4.74 Å². The van der Waals surface area contributed by atoms with Gasteiger partial charge in [-0.15, -0.1) is 11.3 Å². The second-order valence-electron chi connectivity index (χ2n) is 5.38. The van der Waals surface area contributed by atoms with Crippen LogP contribution < -0.4 is 15.4 Å². The third-order valence-electron chi connectivity index (χ3n) is 3.62. The summed E-state index contributed by atoms with van der Waals surface area (Å²) < 4.78 is 5.13. The Balaban J connectivity index is 1.52. The number of hydrogen-bond donors (Lipinski definition) is 2. The van der Waals surface area contributed by atoms with Crippen LogP contribution in [0.5, 0.6) is 5.75 Å². The number of ether oxygens (including phenoxy) is 1. The van der Waals surface area contributed by atoms with Crippen molar-refractivity contribution in [1.29, 1.82) is 0 Å². The summed E-state index contributed by atoms with van der Waals surface area (Å²) in [5.74, 6) is 0.637. The number of nitrogens with one attached hydrogen (secondary N) is 2. The molecule has 0 saturated carbocycles. The highest BCUT2D eigenvalue weighted by atomic mass is 32.1. The maximum absolute atomic E-state index is 12.2. The molecule has 25 heavy (non-hydrogen) atoms. The third-order valence-corrected chi connectivity index (χ3v) is 4.38. The maximum Gasteiger partial charge on any atom is 0.270 e. The Morgan fingerprint density at radius 3 is 2.60 bits per heavy atom. The molecule has 0 bridgehead atoms. The van der Waals surface area contributed by atoms with Crippen LogP contribution >= 0.6 is 11.3 Å². The van der Waals surface area contributed by atoms with Crippen molar-refractivity contribution in [2.75, 3.05) is 19.0 Å². The molecule has 0 aliphatic rings. The predicted molar refractivity (Wildman–Crippen MR) is 101 cm³/mol. The standard InChI is InChI=1S/C19H19N3O2S/c1-24-16-9-7-15(8-10-16)21-19-22-17(13-25-19)18(23)20-12-11-14-5-3-2-4-6-14/h2-10,13H,11-12H2,1H3,(H,20,23)(H,21,22). The summed E-state index contributed by atoms with van der Waals surface area (Å²) in [6.45, 7) is 0.585. The van der Waals surface area contributed by atoms with Gasteiger partial charge < -0.3 is 15.4 Å². The smallest absolute Gasteiger partial charge is 0.270 e. The third kappa shape index (κ3) is 4.81. The van der Waals surface area contributed by atoms with E-state index in [1.54, 1.807) is 12.5 Å². The Hall–Kier alpha value is -2.86. The first-order valence-electron chi connectivity index (χ1n) is 7.93. The zero-order valence-corrected chi connectivity index (χ0v) is 14.7. The van der Waals surface area contributed by atoms with Crippen LogP contribution in [0, 0.1) is 0 Å². The van der Waals surface area contributed by atoms with Gasteiger partial charge in [0.2, 0.25) is 0 Å². The molecule has 3 aromatic rings. The van der Waals surface area contributed by atoms with E-state index in [1.807, 2.05) is 54.6 Å². The van der Waals surface area contributed by atoms with Crippen molar-refractivity contribution in [2.45, 2.75) is 6.42 Å². The van der Waals surface area contributed by atoms with Crippen LogP contribution in [0.1, 0.15) is 16.1 Å². The number of thiazole rings is 1. The Morgan fingerprint density at radius 2 is 1.88 bits per heavy atom. The van der Waals surface area contributed by atoms with Crippen molar-refractivity contribution in [3.8, 4) is 5.75 Å². The number of methoxy groups -OCH3 is 1. The van der Waals surface area contributed by atoms with Crippen molar-refractivity contribution in [1.82, 2.24) is 10.3 Å². The summed E-state index contributed by atoms with van der Waals surface area (Å²) in [5.41, 5.74) is 2.52. The molecule has 0 radical (unpaired) electrons. The van der Waals surface area contributed by atoms with Crippen molar-refractivity contribution in [2.24, 2.45) is 0 Å². The first kappa shape index (κ1) is 17.0. The largest absolute Gasteiger partial charge is 0.497 e. The molecule has 0 aliphatic carbocycles. The van der Waals surface area contributed by atoms with Crippen molar-refractivity contribution in [3.63, 3.8) is 0 Å². The van der Waals surface area contributed by atoms with Crippen molar-refractivity contribution >= 4 is 28.1 Å². The van der Waals surface area contributed by atoms with E-state index < -0.39 is 0 Å². The zero-order valence-electron chi connectivity index (χ0n) is 13.9. The number of benzene rings is 2. The monoisotopic (exact) mass is 353 g/mol. The number of nitrogens with zero attached hydrogens (tertiary/aromatic N) is 1. The van der Waals surface area contributed by atoms with E-state index in [1.165, 1.54) is 16.9 Å². The molecule has 1 aromatic heterocycles. The quantitative estimate of drug-likeness (QED) is 0.677. The number of rotatable bonds is 7. The summed E-state index contributed by atoms with van der Waals surface area (Å²) in [5, 5.41) is 8.52. The van der Waals surface area contributed by atoms with Crippen LogP contribution in [-0.2, 0) is 6.42 Å². The highest BCUT2D eigenvalue weighted by Crippen LogP contribution is 2.22. The maximum atomic E-state index is 12.2. The summed E-state index contributed by atoms with van der Waals surface area (Å²) in [4.78, 5) is 16.5. The van der Waals surface area contributed by atoms with Crippen LogP contribution in [0.2, 0.25) is 0 Å². The van der Waals surface area contributed by atoms with Gasteiger partial charge in [0.05, 0.1) is 7.11 Å². The van der Waals surface area contributed by atoms with Crippen LogP contribution in [0.4, 0.5) is 10.8 Å². The molecule has 0 atom stereocenters. The number of carbonyl (C=O) groups is 1. The van der Waals surface area contributed by atoms with Gasteiger partial charge in [0.25, 0.3) is 5.91 Å². The lowest BCUT2D eigenvalue weighted by atomic mass is 10.1. The number of aromatic nitrogens is 1. The van der Waals surface area contributed by atoms with Gasteiger partial charge in [0, 0.05) is 17.6 Å². The minimum absolute atomic E-state index is 0.157. The molecule has 1 amide bonds. The lowest BCUT2D eigenvalue weighted by Crippen LogP contribution is -2.25. The van der Waals surface area contributed by atoms with E-state index >= 15 is 0 Å². The van der Waals surface area contributed by atoms with E-state index in [9.17, 15) is 4.79 Å². The van der Waals surface area contributed by atoms with Gasteiger partial charge in [-0.3, -0.25) is 4.79 Å². The molecular formula is C19H19N3O2S. The summed E-state index contributed by atoms with van der Waals surface area (Å²) in [6, 6.07) is 17.6. The van der Waals surface area contributed by atoms with Crippen LogP contribution in [0.15, 0.2) is 60.0 Å². The lowest BCUT2D eigenvalue weighted by molar-refractivity contribution is 0.0950. The van der Waals surface area contributed by atoms with Crippen LogP contribution in [0.25, 0.3) is 0 Å². The molecule has 3 rings (SSSR count). The minimum Gasteiger partial charge on any atom is -0.497 e. The van der Waals surface area contributed by atoms with E-state index in [0.717, 1.165) is 17.9 Å². The fourth-order valence-corrected chi connectivity index (χ4v) is 3.00. The second kappa shape index (κ2) is 8.30. The van der Waals surface area contributed by atoms with Crippen LogP contribution in [0.3, 0.4) is 0 Å². The molecular weight excluding hydrogens is 334 g/mol. The second-order valence-corrected chi connectivity index (χ2v) is 6.24. The fraction of sp³-hybridized carbons (Fsp3) is 0.158. The molecule has 128 valence electrons. The first-order chi connectivity index (χ1) is 12.2. The number of anilines is 2. The fourth-order valence-electron chi connectivity index (χ4n) is 2.29. The van der Waals surface area contributed by atoms with Gasteiger partial charge in [-0.25, -0.2) is 4.98 Å². The van der Waals surface area contributed by atoms with Gasteiger partial charge in [-0.05, 0) is 36.2 Å². The molecule has 0 aliphatic heterocycles. The molecule has 2 aromatic carbocycles. The molecule has 1 heterocycles. The predicted octanol–water partition coefficient (Wildman–Crippen LogP) is 3.87. The molecule has 5 nitrogen and oxygen atoms in total. The molecule has 6 heteroatoms. The lowest BCUT2D eigenvalue weighted by Gasteiger charge is -2.04. The normalized spacial score (nSPS) is 10.3. The highest BCUT2D eigenvalue weighted by molar-refractivity contribution is 7.14. The molecule has 0 fully saturated rings. The Kier molecular flexibility index (Phi) is 5.64. The topological polar surface area (TPSA) is 63.2 Å². The van der Waals surface area contributed by atoms with Crippen molar-refractivity contribution in [3.05, 3.63) is 71.2 Å². The average Bonchev–Trinajstić information content (AvgIpc) is 3.12. The summed E-state index contributed by atoms with van der Waals surface area (Å²) in [6.07, 6.45) is 0.799. The molecule has 0 spiro atoms. The number of amides is 1. The van der Waals surface area contributed by atoms with E-state index in [2.05, 4.69) is 15.6 Å². The van der Waals surface area contributed by atoms with Crippen LogP contribution in [-0.4, -0.2) is 24.5 Å². The Morgan fingerprint density at radius 1 is 1.12 bits per heavy atom. The summed E-state index contributed by atoms with van der Waals surface area (Å²) >= 11 is 1.40. The average molecular weight is 353 g/mol. The first-order valence-corrected chi connectivity index (χ1v) is 8.81. The highest BCUT2D eigenvalue weighted by Gasteiger charge is 2.10. The Labute approximate surface area is 150 Å². The zero-order chi connectivity index (χ0) is 17.5.